The average Bonchev–Trinajstić information content (AvgIpc) is 3.14. The lowest BCUT2D eigenvalue weighted by Crippen LogP contribution is -2.62. The van der Waals surface area contributed by atoms with E-state index in [1.54, 1.807) is 24.3 Å². The zero-order valence-electron chi connectivity index (χ0n) is 20.3. The lowest BCUT2D eigenvalue weighted by molar-refractivity contribution is -0.318. The molecule has 38 heavy (non-hydrogen) atoms. The molecule has 2 aromatic carbocycles. The van der Waals surface area contributed by atoms with Crippen molar-refractivity contribution in [3.63, 3.8) is 0 Å². The molecule has 0 aromatic heterocycles. The predicted octanol–water partition coefficient (Wildman–Crippen LogP) is -0.335. The number of aromatic hydroxyl groups is 2. The first-order valence-electron chi connectivity index (χ1n) is 11.8. The van der Waals surface area contributed by atoms with Crippen LogP contribution in [0.2, 0.25) is 0 Å². The SMILES string of the molecule is C[C@]1(O)CO[C@@H](O[C@H]2[C@@H](Oc3ccc(/C=C/C(=O)c4ccc(O)cc4O)cc3)O[C@H](CO)[C@H](O)[C@H]2O)[C@@H]1O. The van der Waals surface area contributed by atoms with Crippen molar-refractivity contribution in [2.24, 2.45) is 0 Å². The summed E-state index contributed by atoms with van der Waals surface area (Å²) in [6.07, 6.45) is -7.02. The summed E-state index contributed by atoms with van der Waals surface area (Å²) in [5.41, 5.74) is -0.953. The minimum Gasteiger partial charge on any atom is -0.508 e. The van der Waals surface area contributed by atoms with E-state index in [0.717, 1.165) is 6.07 Å². The standard InChI is InChI=1S/C26H30O12/c1-26(34)12-35-25(23(26)33)38-22-21(32)20(31)19(11-27)37-24(22)36-15-6-2-13(3-7-15)4-9-17(29)16-8-5-14(28)10-18(16)30/h2-10,19-25,27-28,30-34H,11-12H2,1H3/b9-4+/t19-,20+,21-,22-,23+,24+,25+,26+/m1/s1. The van der Waals surface area contributed by atoms with E-state index >= 15 is 0 Å². The summed E-state index contributed by atoms with van der Waals surface area (Å²) in [7, 11) is 0. The molecular formula is C26H30O12. The van der Waals surface area contributed by atoms with E-state index in [1.165, 1.54) is 31.2 Å². The van der Waals surface area contributed by atoms with Gasteiger partial charge in [-0.3, -0.25) is 4.79 Å². The van der Waals surface area contributed by atoms with E-state index in [4.69, 9.17) is 18.9 Å². The first-order valence-corrected chi connectivity index (χ1v) is 11.8. The fraction of sp³-hybridized carbons (Fsp3) is 0.423. The highest BCUT2D eigenvalue weighted by atomic mass is 16.8. The maximum absolute atomic E-state index is 12.3. The van der Waals surface area contributed by atoms with Gasteiger partial charge >= 0.3 is 0 Å². The number of hydrogen-bond donors (Lipinski definition) is 7. The number of aliphatic hydroxyl groups is 5. The number of phenols is 2. The molecule has 2 heterocycles. The number of aliphatic hydroxyl groups excluding tert-OH is 4. The van der Waals surface area contributed by atoms with Gasteiger partial charge in [0.1, 0.15) is 47.3 Å². The summed E-state index contributed by atoms with van der Waals surface area (Å²) < 4.78 is 22.4. The molecule has 0 unspecified atom stereocenters. The molecule has 4 rings (SSSR count). The Morgan fingerprint density at radius 3 is 2.39 bits per heavy atom. The Balaban J connectivity index is 1.46. The Morgan fingerprint density at radius 2 is 1.79 bits per heavy atom. The number of allylic oxidation sites excluding steroid dienone is 1. The topological polar surface area (TPSA) is 196 Å². The second-order valence-electron chi connectivity index (χ2n) is 9.37. The van der Waals surface area contributed by atoms with E-state index < -0.39 is 61.1 Å². The Labute approximate surface area is 217 Å². The number of phenolic OH excluding ortho intramolecular Hbond substituents is 2. The molecule has 7 N–H and O–H groups in total. The van der Waals surface area contributed by atoms with E-state index in [-0.39, 0.29) is 29.4 Å². The van der Waals surface area contributed by atoms with Gasteiger partial charge in [-0.1, -0.05) is 18.2 Å². The van der Waals surface area contributed by atoms with Gasteiger partial charge in [0.2, 0.25) is 6.29 Å². The lowest BCUT2D eigenvalue weighted by Gasteiger charge is -2.42. The quantitative estimate of drug-likeness (QED) is 0.172. The summed E-state index contributed by atoms with van der Waals surface area (Å²) in [5, 5.41) is 70.1. The molecule has 206 valence electrons. The molecule has 0 spiro atoms. The number of rotatable bonds is 8. The van der Waals surface area contributed by atoms with Crippen LogP contribution < -0.4 is 4.74 Å². The van der Waals surface area contributed by atoms with Gasteiger partial charge in [0.25, 0.3) is 0 Å². The zero-order chi connectivity index (χ0) is 27.6. The molecule has 12 heteroatoms. The smallest absolute Gasteiger partial charge is 0.229 e. The molecular weight excluding hydrogens is 504 g/mol. The molecule has 2 aliphatic rings. The van der Waals surface area contributed by atoms with Crippen molar-refractivity contribution in [2.45, 2.75) is 55.6 Å². The van der Waals surface area contributed by atoms with Crippen LogP contribution in [0.4, 0.5) is 0 Å². The van der Waals surface area contributed by atoms with Crippen LogP contribution in [0.5, 0.6) is 17.2 Å². The summed E-state index contributed by atoms with van der Waals surface area (Å²) in [6, 6.07) is 9.97. The van der Waals surface area contributed by atoms with Gasteiger partial charge in [-0.25, -0.2) is 0 Å². The molecule has 2 saturated heterocycles. The van der Waals surface area contributed by atoms with Crippen LogP contribution >= 0.6 is 0 Å². The highest BCUT2D eigenvalue weighted by Crippen LogP contribution is 2.32. The van der Waals surface area contributed by atoms with Crippen molar-refractivity contribution in [3.05, 3.63) is 59.7 Å². The van der Waals surface area contributed by atoms with Gasteiger partial charge in [0.05, 0.1) is 18.8 Å². The second kappa shape index (κ2) is 11.4. The molecule has 8 atom stereocenters. The third-order valence-electron chi connectivity index (χ3n) is 6.36. The second-order valence-corrected chi connectivity index (χ2v) is 9.37. The third kappa shape index (κ3) is 5.98. The average molecular weight is 535 g/mol. The van der Waals surface area contributed by atoms with E-state index in [1.807, 2.05) is 0 Å². The largest absolute Gasteiger partial charge is 0.508 e. The predicted molar refractivity (Wildman–Crippen MR) is 129 cm³/mol. The Bertz CT molecular complexity index is 1150. The Kier molecular flexibility index (Phi) is 8.35. The molecule has 2 aromatic rings. The zero-order valence-corrected chi connectivity index (χ0v) is 20.3. The Morgan fingerprint density at radius 1 is 1.08 bits per heavy atom. The van der Waals surface area contributed by atoms with Crippen molar-refractivity contribution in [3.8, 4) is 17.2 Å². The van der Waals surface area contributed by atoms with Gasteiger partial charge < -0.3 is 54.7 Å². The molecule has 12 nitrogen and oxygen atoms in total. The number of ether oxygens (including phenoxy) is 4. The molecule has 2 fully saturated rings. The van der Waals surface area contributed by atoms with Crippen molar-refractivity contribution in [1.29, 1.82) is 0 Å². The monoisotopic (exact) mass is 534 g/mol. The van der Waals surface area contributed by atoms with Gasteiger partial charge in [0.15, 0.2) is 18.2 Å². The molecule has 0 aliphatic carbocycles. The lowest BCUT2D eigenvalue weighted by atomic mass is 9.98. The number of benzene rings is 2. The first kappa shape index (κ1) is 28.0. The van der Waals surface area contributed by atoms with Crippen molar-refractivity contribution < 1.29 is 59.5 Å². The van der Waals surface area contributed by atoms with Crippen LogP contribution in [-0.2, 0) is 14.2 Å². The number of carbonyl (C=O) groups is 1. The van der Waals surface area contributed by atoms with Crippen molar-refractivity contribution in [2.75, 3.05) is 13.2 Å². The van der Waals surface area contributed by atoms with Crippen molar-refractivity contribution in [1.82, 2.24) is 0 Å². The van der Waals surface area contributed by atoms with E-state index in [9.17, 15) is 40.5 Å². The highest BCUT2D eigenvalue weighted by molar-refractivity contribution is 6.08. The number of ketones is 1. The molecule has 0 radical (unpaired) electrons. The van der Waals surface area contributed by atoms with Crippen LogP contribution in [0.1, 0.15) is 22.8 Å². The van der Waals surface area contributed by atoms with Crippen LogP contribution in [0.15, 0.2) is 48.5 Å². The fourth-order valence-corrected chi connectivity index (χ4v) is 4.07. The van der Waals surface area contributed by atoms with Crippen LogP contribution in [0.3, 0.4) is 0 Å². The van der Waals surface area contributed by atoms with Crippen LogP contribution in [0.25, 0.3) is 6.08 Å². The maximum Gasteiger partial charge on any atom is 0.229 e. The maximum atomic E-state index is 12.3. The number of hydrogen-bond acceptors (Lipinski definition) is 12. The van der Waals surface area contributed by atoms with E-state index in [0.29, 0.717) is 5.56 Å². The van der Waals surface area contributed by atoms with E-state index in [2.05, 4.69) is 0 Å². The minimum atomic E-state index is -1.59. The summed E-state index contributed by atoms with van der Waals surface area (Å²) in [6.45, 7) is 0.520. The van der Waals surface area contributed by atoms with Gasteiger partial charge in [0, 0.05) is 6.07 Å². The summed E-state index contributed by atoms with van der Waals surface area (Å²) in [4.78, 5) is 12.3. The van der Waals surface area contributed by atoms with Crippen LogP contribution in [0, 0.1) is 0 Å². The summed E-state index contributed by atoms with van der Waals surface area (Å²) >= 11 is 0. The molecule has 0 bridgehead atoms. The minimum absolute atomic E-state index is 0.0246. The van der Waals surface area contributed by atoms with Crippen molar-refractivity contribution >= 4 is 11.9 Å². The highest BCUT2D eigenvalue weighted by Gasteiger charge is 2.52. The molecule has 2 aliphatic heterocycles. The van der Waals surface area contributed by atoms with Gasteiger partial charge in [-0.2, -0.15) is 0 Å². The fourth-order valence-electron chi connectivity index (χ4n) is 4.07. The van der Waals surface area contributed by atoms with Gasteiger partial charge in [-0.15, -0.1) is 0 Å². The Hall–Kier alpha value is -3.07. The van der Waals surface area contributed by atoms with Gasteiger partial charge in [-0.05, 0) is 42.8 Å². The number of carbonyl (C=O) groups excluding carboxylic acids is 1. The third-order valence-corrected chi connectivity index (χ3v) is 6.36. The first-order chi connectivity index (χ1) is 18.0. The molecule has 0 amide bonds. The molecule has 0 saturated carbocycles. The van der Waals surface area contributed by atoms with Crippen LogP contribution in [-0.4, -0.2) is 103 Å². The summed E-state index contributed by atoms with van der Waals surface area (Å²) in [5.74, 6) is -0.737. The normalized spacial score (nSPS) is 33.5.